The highest BCUT2D eigenvalue weighted by atomic mass is 127. The molecule has 0 bridgehead atoms. The summed E-state index contributed by atoms with van der Waals surface area (Å²) in [4.78, 5) is 20.2. The van der Waals surface area contributed by atoms with Gasteiger partial charge >= 0.3 is 0 Å². The zero-order valence-corrected chi connectivity index (χ0v) is 20.0. The molecule has 1 unspecified atom stereocenters. The van der Waals surface area contributed by atoms with Crippen LogP contribution in [0.1, 0.15) is 20.8 Å². The van der Waals surface area contributed by atoms with Crippen LogP contribution in [0.3, 0.4) is 0 Å². The van der Waals surface area contributed by atoms with E-state index in [1.165, 1.54) is 0 Å². The molecule has 1 heterocycles. The first kappa shape index (κ1) is 26.4. The van der Waals surface area contributed by atoms with Crippen LogP contribution in [0.5, 0.6) is 0 Å². The van der Waals surface area contributed by atoms with Gasteiger partial charge < -0.3 is 25.0 Å². The van der Waals surface area contributed by atoms with E-state index >= 15 is 0 Å². The minimum Gasteiger partial charge on any atom is -0.379 e. The second-order valence-electron chi connectivity index (χ2n) is 7.81. The van der Waals surface area contributed by atoms with E-state index in [0.29, 0.717) is 12.5 Å². The number of hydrogen-bond acceptors (Lipinski definition) is 5. The maximum absolute atomic E-state index is 11.8. The average molecular weight is 499 g/mol. The van der Waals surface area contributed by atoms with Crippen molar-refractivity contribution in [2.75, 3.05) is 73.7 Å². The van der Waals surface area contributed by atoms with Crippen LogP contribution in [-0.4, -0.2) is 101 Å². The second-order valence-corrected chi connectivity index (χ2v) is 7.81. The van der Waals surface area contributed by atoms with Crippen LogP contribution in [-0.2, 0) is 14.3 Å². The Kier molecular flexibility index (Phi) is 13.2. The number of carbonyl (C=O) groups excluding carboxylic acids is 1. The largest absolute Gasteiger partial charge is 0.379 e. The number of nitrogens with zero attached hydrogens (tertiary/aromatic N) is 3. The summed E-state index contributed by atoms with van der Waals surface area (Å²) in [5.41, 5.74) is 0.0140. The van der Waals surface area contributed by atoms with E-state index in [9.17, 15) is 4.79 Å². The molecule has 1 atom stereocenters. The number of halogens is 1. The van der Waals surface area contributed by atoms with E-state index in [0.717, 1.165) is 39.4 Å². The number of carbonyl (C=O) groups is 1. The summed E-state index contributed by atoms with van der Waals surface area (Å²) in [6.07, 6.45) is 0.0401. The van der Waals surface area contributed by atoms with Gasteiger partial charge in [0, 0.05) is 53.9 Å². The predicted octanol–water partition coefficient (Wildman–Crippen LogP) is 0.621. The molecule has 160 valence electrons. The molecular weight excluding hydrogens is 461 g/mol. The second kappa shape index (κ2) is 13.5. The first-order valence-corrected chi connectivity index (χ1v) is 9.29. The molecule has 8 nitrogen and oxygen atoms in total. The molecule has 1 aliphatic heterocycles. The van der Waals surface area contributed by atoms with E-state index in [1.807, 2.05) is 0 Å². The number of guanidine groups is 1. The first-order valence-electron chi connectivity index (χ1n) is 9.29. The predicted molar refractivity (Wildman–Crippen MR) is 120 cm³/mol. The molecule has 2 N–H and O–H groups in total. The molecule has 0 aromatic rings. The minimum atomic E-state index is -0.0293. The van der Waals surface area contributed by atoms with Gasteiger partial charge in [0.2, 0.25) is 5.91 Å². The number of nitrogens with one attached hydrogen (secondary N) is 2. The Bertz CT molecular complexity index is 449. The van der Waals surface area contributed by atoms with Gasteiger partial charge in [0.15, 0.2) is 5.96 Å². The van der Waals surface area contributed by atoms with Crippen LogP contribution >= 0.6 is 24.0 Å². The monoisotopic (exact) mass is 499 g/mol. The maximum Gasteiger partial charge on any atom is 0.243 e. The van der Waals surface area contributed by atoms with Gasteiger partial charge in [-0.1, -0.05) is 20.8 Å². The van der Waals surface area contributed by atoms with Crippen molar-refractivity contribution in [2.24, 2.45) is 10.4 Å². The Morgan fingerprint density at radius 2 is 1.89 bits per heavy atom. The Morgan fingerprint density at radius 1 is 1.26 bits per heavy atom. The zero-order chi connectivity index (χ0) is 19.6. The molecule has 1 aliphatic rings. The number of likely N-dealkylation sites (N-methyl/N-ethyl adjacent to an activating group) is 1. The van der Waals surface area contributed by atoms with Gasteiger partial charge in [0.1, 0.15) is 6.54 Å². The van der Waals surface area contributed by atoms with E-state index in [1.54, 1.807) is 26.1 Å². The maximum atomic E-state index is 11.8. The van der Waals surface area contributed by atoms with Gasteiger partial charge in [0.25, 0.3) is 0 Å². The molecule has 0 radical (unpaired) electrons. The number of amides is 1. The fourth-order valence-corrected chi connectivity index (χ4v) is 2.55. The van der Waals surface area contributed by atoms with Gasteiger partial charge in [-0.2, -0.15) is 0 Å². The van der Waals surface area contributed by atoms with Crippen molar-refractivity contribution in [3.05, 3.63) is 0 Å². The summed E-state index contributed by atoms with van der Waals surface area (Å²) in [7, 11) is 5.19. The fraction of sp³-hybridized carbons (Fsp3) is 0.889. The van der Waals surface area contributed by atoms with Gasteiger partial charge in [-0.15, -0.1) is 24.0 Å². The Balaban J connectivity index is 0.00000676. The quantitative estimate of drug-likeness (QED) is 0.290. The van der Waals surface area contributed by atoms with Gasteiger partial charge in [-0.05, 0) is 5.41 Å². The van der Waals surface area contributed by atoms with Crippen LogP contribution in [0, 0.1) is 5.41 Å². The molecule has 0 aliphatic carbocycles. The highest BCUT2D eigenvalue weighted by Gasteiger charge is 2.24. The molecule has 0 aromatic heterocycles. The highest BCUT2D eigenvalue weighted by Crippen LogP contribution is 2.20. The third kappa shape index (κ3) is 11.1. The van der Waals surface area contributed by atoms with Crippen molar-refractivity contribution in [2.45, 2.75) is 26.9 Å². The summed E-state index contributed by atoms with van der Waals surface area (Å²) in [6.45, 7) is 12.3. The van der Waals surface area contributed by atoms with Crippen molar-refractivity contribution in [3.63, 3.8) is 0 Å². The molecule has 0 spiro atoms. The van der Waals surface area contributed by atoms with Crippen LogP contribution in [0.25, 0.3) is 0 Å². The summed E-state index contributed by atoms with van der Waals surface area (Å²) in [5.74, 6) is 0.609. The SMILES string of the molecule is COC(CNC(=NCC(=O)N(C)C)NCCN1CCOCC1)C(C)(C)C.I. The molecular formula is C18H38IN5O3. The lowest BCUT2D eigenvalue weighted by molar-refractivity contribution is -0.127. The van der Waals surface area contributed by atoms with Crippen LogP contribution in [0.15, 0.2) is 4.99 Å². The molecule has 1 saturated heterocycles. The van der Waals surface area contributed by atoms with Gasteiger partial charge in [0.05, 0.1) is 19.3 Å². The fourth-order valence-electron chi connectivity index (χ4n) is 2.55. The first-order chi connectivity index (χ1) is 12.2. The third-order valence-corrected chi connectivity index (χ3v) is 4.40. The molecule has 9 heteroatoms. The lowest BCUT2D eigenvalue weighted by atomic mass is 9.89. The molecule has 1 fully saturated rings. The Hall–Kier alpha value is -0.650. The van der Waals surface area contributed by atoms with Gasteiger partial charge in [-0.25, -0.2) is 4.99 Å². The number of rotatable bonds is 8. The number of morpholine rings is 1. The topological polar surface area (TPSA) is 78.4 Å². The lowest BCUT2D eigenvalue weighted by Gasteiger charge is -2.30. The van der Waals surface area contributed by atoms with Crippen LogP contribution in [0.4, 0.5) is 0 Å². The number of ether oxygens (including phenoxy) is 2. The van der Waals surface area contributed by atoms with Crippen LogP contribution < -0.4 is 10.6 Å². The van der Waals surface area contributed by atoms with E-state index < -0.39 is 0 Å². The number of aliphatic imine (C=N–C) groups is 1. The van der Waals surface area contributed by atoms with Crippen molar-refractivity contribution in [3.8, 4) is 0 Å². The number of methoxy groups -OCH3 is 1. The Morgan fingerprint density at radius 3 is 2.41 bits per heavy atom. The van der Waals surface area contributed by atoms with E-state index in [4.69, 9.17) is 9.47 Å². The highest BCUT2D eigenvalue weighted by molar-refractivity contribution is 14.0. The summed E-state index contributed by atoms with van der Waals surface area (Å²) >= 11 is 0. The van der Waals surface area contributed by atoms with E-state index in [2.05, 4.69) is 41.3 Å². The van der Waals surface area contributed by atoms with Crippen molar-refractivity contribution >= 4 is 35.8 Å². The van der Waals surface area contributed by atoms with Gasteiger partial charge in [-0.3, -0.25) is 9.69 Å². The third-order valence-electron chi connectivity index (χ3n) is 4.40. The summed E-state index contributed by atoms with van der Waals surface area (Å²) < 4.78 is 11.0. The molecule has 1 amide bonds. The van der Waals surface area contributed by atoms with Crippen LogP contribution in [0.2, 0.25) is 0 Å². The average Bonchev–Trinajstić information content (AvgIpc) is 2.58. The summed E-state index contributed by atoms with van der Waals surface area (Å²) in [5, 5.41) is 6.63. The standard InChI is InChI=1S/C18H37N5O3.HI/c1-18(2,3)15(25-6)13-20-17(21-14-16(24)22(4)5)19-7-8-23-9-11-26-12-10-23;/h15H,7-14H2,1-6H3,(H2,19,20,21);1H. The Labute approximate surface area is 181 Å². The smallest absolute Gasteiger partial charge is 0.243 e. The molecule has 0 aromatic carbocycles. The lowest BCUT2D eigenvalue weighted by Crippen LogP contribution is -2.48. The molecule has 0 saturated carbocycles. The number of hydrogen-bond donors (Lipinski definition) is 2. The van der Waals surface area contributed by atoms with Crippen molar-refractivity contribution in [1.82, 2.24) is 20.4 Å². The zero-order valence-electron chi connectivity index (χ0n) is 17.7. The summed E-state index contributed by atoms with van der Waals surface area (Å²) in [6, 6.07) is 0. The van der Waals surface area contributed by atoms with Crippen molar-refractivity contribution < 1.29 is 14.3 Å². The minimum absolute atomic E-state index is 0. The van der Waals surface area contributed by atoms with Crippen molar-refractivity contribution in [1.29, 1.82) is 0 Å². The molecule has 1 rings (SSSR count). The van der Waals surface area contributed by atoms with E-state index in [-0.39, 0.29) is 47.9 Å². The molecule has 27 heavy (non-hydrogen) atoms. The normalized spacial score (nSPS) is 17.0.